The lowest BCUT2D eigenvalue weighted by Gasteiger charge is -2.18. The average molecular weight is 535 g/mol. The first-order chi connectivity index (χ1) is 18.4. The number of carbonyl (C=O) groups is 4. The minimum atomic E-state index is -0.892. The van der Waals surface area contributed by atoms with Gasteiger partial charge in [0.15, 0.2) is 6.10 Å². The van der Waals surface area contributed by atoms with Gasteiger partial charge in [-0.1, -0.05) is 95.5 Å². The van der Waals surface area contributed by atoms with Gasteiger partial charge in [0.1, 0.15) is 19.8 Å². The third-order valence-corrected chi connectivity index (χ3v) is 5.90. The van der Waals surface area contributed by atoms with E-state index in [1.807, 2.05) is 30.3 Å². The Labute approximate surface area is 227 Å². The second-order valence-corrected chi connectivity index (χ2v) is 9.45. The summed E-state index contributed by atoms with van der Waals surface area (Å²) in [5, 5.41) is 0. The molecule has 0 amide bonds. The molecule has 0 saturated carbocycles. The molecule has 0 aliphatic carbocycles. The van der Waals surface area contributed by atoms with E-state index in [1.54, 1.807) is 0 Å². The quantitative estimate of drug-likeness (QED) is 0.0979. The van der Waals surface area contributed by atoms with Crippen LogP contribution >= 0.6 is 0 Å². The van der Waals surface area contributed by atoms with Crippen molar-refractivity contribution in [2.75, 3.05) is 13.2 Å². The van der Waals surface area contributed by atoms with Crippen molar-refractivity contribution < 1.29 is 38.1 Å². The predicted octanol–water partition coefficient (Wildman–Crippen LogP) is 6.23. The van der Waals surface area contributed by atoms with Crippen molar-refractivity contribution >= 4 is 23.9 Å². The van der Waals surface area contributed by atoms with Crippen LogP contribution < -0.4 is 0 Å². The van der Waals surface area contributed by atoms with Gasteiger partial charge < -0.3 is 18.9 Å². The molecule has 214 valence electrons. The van der Waals surface area contributed by atoms with Crippen molar-refractivity contribution in [3.63, 3.8) is 0 Å². The molecule has 0 aliphatic heterocycles. The van der Waals surface area contributed by atoms with E-state index in [2.05, 4.69) is 13.8 Å². The Kier molecular flexibility index (Phi) is 19.3. The second-order valence-electron chi connectivity index (χ2n) is 9.45. The van der Waals surface area contributed by atoms with Crippen LogP contribution in [0.5, 0.6) is 0 Å². The van der Waals surface area contributed by atoms with Gasteiger partial charge in [-0.3, -0.25) is 19.2 Å². The number of carbonyl (C=O) groups excluding carboxylic acids is 4. The van der Waals surface area contributed by atoms with Crippen LogP contribution in [0.25, 0.3) is 0 Å². The lowest BCUT2D eigenvalue weighted by Crippen LogP contribution is -2.31. The van der Waals surface area contributed by atoms with E-state index in [9.17, 15) is 19.2 Å². The molecule has 0 aromatic heterocycles. The Morgan fingerprint density at radius 2 is 1.05 bits per heavy atom. The molecule has 1 aromatic carbocycles. The van der Waals surface area contributed by atoms with Crippen LogP contribution in [0.1, 0.15) is 109 Å². The molecule has 1 unspecified atom stereocenters. The van der Waals surface area contributed by atoms with E-state index in [4.69, 9.17) is 18.9 Å². The fourth-order valence-electron chi connectivity index (χ4n) is 3.64. The summed E-state index contributed by atoms with van der Waals surface area (Å²) in [6.45, 7) is 3.96. The normalized spacial score (nSPS) is 11.4. The van der Waals surface area contributed by atoms with Crippen LogP contribution in [0.2, 0.25) is 0 Å². The zero-order chi connectivity index (χ0) is 27.8. The summed E-state index contributed by atoms with van der Waals surface area (Å²) >= 11 is 0. The summed E-state index contributed by atoms with van der Waals surface area (Å²) in [7, 11) is 0. The number of ether oxygens (including phenoxy) is 4. The highest BCUT2D eigenvalue weighted by Gasteiger charge is 2.20. The number of rotatable bonds is 22. The lowest BCUT2D eigenvalue weighted by molar-refractivity contribution is -0.167. The van der Waals surface area contributed by atoms with Gasteiger partial charge in [0.05, 0.1) is 12.8 Å². The zero-order valence-corrected chi connectivity index (χ0v) is 23.3. The summed E-state index contributed by atoms with van der Waals surface area (Å²) in [6, 6.07) is 9.25. The first-order valence-electron chi connectivity index (χ1n) is 14.1. The predicted molar refractivity (Wildman–Crippen MR) is 144 cm³/mol. The van der Waals surface area contributed by atoms with Crippen molar-refractivity contribution in [1.82, 2.24) is 0 Å². The molecule has 1 atom stereocenters. The lowest BCUT2D eigenvalue weighted by atomic mass is 10.1. The van der Waals surface area contributed by atoms with Crippen LogP contribution in [0, 0.1) is 0 Å². The van der Waals surface area contributed by atoms with E-state index >= 15 is 0 Å². The van der Waals surface area contributed by atoms with Gasteiger partial charge in [0, 0.05) is 12.8 Å². The Balaban J connectivity index is 2.42. The summed E-state index contributed by atoms with van der Waals surface area (Å²) in [5.74, 6) is -1.91. The van der Waals surface area contributed by atoms with E-state index in [0.29, 0.717) is 12.8 Å². The smallest absolute Gasteiger partial charge is 0.306 e. The second kappa shape index (κ2) is 22.1. The molecule has 0 spiro atoms. The molecule has 0 bridgehead atoms. The maximum atomic E-state index is 12.3. The minimum absolute atomic E-state index is 0.124. The van der Waals surface area contributed by atoms with E-state index in [1.165, 1.54) is 0 Å². The van der Waals surface area contributed by atoms with Gasteiger partial charge in [0.25, 0.3) is 0 Å². The molecule has 0 radical (unpaired) electrons. The Hall–Kier alpha value is -2.90. The number of esters is 4. The molecule has 8 heteroatoms. The third-order valence-electron chi connectivity index (χ3n) is 5.90. The first-order valence-corrected chi connectivity index (χ1v) is 14.1. The molecular formula is C30H46O8. The molecule has 1 aromatic rings. The number of benzene rings is 1. The van der Waals surface area contributed by atoms with Crippen LogP contribution in [0.4, 0.5) is 0 Å². The Morgan fingerprint density at radius 3 is 1.61 bits per heavy atom. The fourth-order valence-corrected chi connectivity index (χ4v) is 3.64. The first kappa shape index (κ1) is 33.1. The Bertz CT molecular complexity index is 793. The molecule has 0 N–H and O–H groups in total. The summed E-state index contributed by atoms with van der Waals surface area (Å²) in [4.78, 5) is 48.5. The molecular weight excluding hydrogens is 488 g/mol. The highest BCUT2D eigenvalue weighted by atomic mass is 16.6. The van der Waals surface area contributed by atoms with Gasteiger partial charge >= 0.3 is 23.9 Å². The molecule has 8 nitrogen and oxygen atoms in total. The molecule has 1 rings (SSSR count). The standard InChI is InChI=1S/C30H46O8/c1-3-5-7-9-14-18-27(31)36-23-26(38-30(34)19-15-10-8-6-4-2)24-37-29(33)21-20-28(32)35-22-25-16-12-11-13-17-25/h11-13,16-17,26H,3-10,14-15,18-24H2,1-2H3. The molecule has 0 fully saturated rings. The van der Waals surface area contributed by atoms with Gasteiger partial charge in [-0.25, -0.2) is 0 Å². The highest BCUT2D eigenvalue weighted by Crippen LogP contribution is 2.10. The zero-order valence-electron chi connectivity index (χ0n) is 23.3. The van der Waals surface area contributed by atoms with Crippen LogP contribution in [0.3, 0.4) is 0 Å². The number of hydrogen-bond donors (Lipinski definition) is 0. The topological polar surface area (TPSA) is 105 Å². The van der Waals surface area contributed by atoms with Crippen molar-refractivity contribution in [1.29, 1.82) is 0 Å². The largest absolute Gasteiger partial charge is 0.462 e. The SMILES string of the molecule is CCCCCCCC(=O)OCC(COC(=O)CCC(=O)OCc1ccccc1)OC(=O)CCCCCCC. The number of hydrogen-bond acceptors (Lipinski definition) is 8. The fraction of sp³-hybridized carbons (Fsp3) is 0.667. The molecule has 0 aliphatic rings. The van der Waals surface area contributed by atoms with Gasteiger partial charge in [-0.05, 0) is 18.4 Å². The summed E-state index contributed by atoms with van der Waals surface area (Å²) < 4.78 is 21.1. The monoisotopic (exact) mass is 534 g/mol. The van der Waals surface area contributed by atoms with E-state index in [-0.39, 0.29) is 45.1 Å². The van der Waals surface area contributed by atoms with Crippen LogP contribution in [-0.4, -0.2) is 43.2 Å². The van der Waals surface area contributed by atoms with Crippen molar-refractivity contribution in [3.05, 3.63) is 35.9 Å². The van der Waals surface area contributed by atoms with E-state index < -0.39 is 24.0 Å². The molecule has 0 heterocycles. The van der Waals surface area contributed by atoms with Crippen LogP contribution in [-0.2, 0) is 44.7 Å². The van der Waals surface area contributed by atoms with Crippen LogP contribution in [0.15, 0.2) is 30.3 Å². The van der Waals surface area contributed by atoms with Crippen molar-refractivity contribution in [2.24, 2.45) is 0 Å². The van der Waals surface area contributed by atoms with Crippen molar-refractivity contribution in [3.8, 4) is 0 Å². The maximum Gasteiger partial charge on any atom is 0.306 e. The maximum absolute atomic E-state index is 12.3. The average Bonchev–Trinajstić information content (AvgIpc) is 2.92. The van der Waals surface area contributed by atoms with Gasteiger partial charge in [-0.2, -0.15) is 0 Å². The summed E-state index contributed by atoms with van der Waals surface area (Å²) in [5.41, 5.74) is 0.856. The van der Waals surface area contributed by atoms with Crippen molar-refractivity contribution in [2.45, 2.75) is 116 Å². The van der Waals surface area contributed by atoms with Gasteiger partial charge in [0.2, 0.25) is 0 Å². The summed E-state index contributed by atoms with van der Waals surface area (Å²) in [6.07, 6.45) is 9.40. The minimum Gasteiger partial charge on any atom is -0.462 e. The number of unbranched alkanes of at least 4 members (excludes halogenated alkanes) is 8. The third kappa shape index (κ3) is 18.4. The van der Waals surface area contributed by atoms with Gasteiger partial charge in [-0.15, -0.1) is 0 Å². The molecule has 38 heavy (non-hydrogen) atoms. The van der Waals surface area contributed by atoms with E-state index in [0.717, 1.165) is 63.4 Å². The highest BCUT2D eigenvalue weighted by molar-refractivity contribution is 5.77. The molecule has 0 saturated heterocycles. The Morgan fingerprint density at radius 1 is 0.579 bits per heavy atom.